The van der Waals surface area contributed by atoms with E-state index in [1.807, 2.05) is 0 Å². The molecule has 27 heavy (non-hydrogen) atoms. The van der Waals surface area contributed by atoms with E-state index in [2.05, 4.69) is 21.9 Å². The molecule has 142 valence electrons. The summed E-state index contributed by atoms with van der Waals surface area (Å²) >= 11 is 0. The molecule has 10 heteroatoms. The highest BCUT2D eigenvalue weighted by molar-refractivity contribution is 5.88. The fourth-order valence-electron chi connectivity index (χ4n) is 2.57. The van der Waals surface area contributed by atoms with E-state index < -0.39 is 37.1 Å². The van der Waals surface area contributed by atoms with Gasteiger partial charge in [0.25, 0.3) is 5.91 Å². The first-order valence-electron chi connectivity index (χ1n) is 7.99. The number of benzene rings is 1. The third-order valence-electron chi connectivity index (χ3n) is 4.02. The van der Waals surface area contributed by atoms with E-state index in [1.165, 1.54) is 0 Å². The molecule has 2 heterocycles. The van der Waals surface area contributed by atoms with Crippen LogP contribution in [0.2, 0.25) is 0 Å². The van der Waals surface area contributed by atoms with Crippen LogP contribution in [0.5, 0.6) is 5.75 Å². The number of carbonyl (C=O) groups is 1. The van der Waals surface area contributed by atoms with Gasteiger partial charge in [-0.15, -0.1) is 5.10 Å². The van der Waals surface area contributed by atoms with Crippen molar-refractivity contribution in [1.82, 2.24) is 14.8 Å². The van der Waals surface area contributed by atoms with Crippen molar-refractivity contribution in [2.45, 2.75) is 24.5 Å². The molecular formula is C17H18N4O6. The molecule has 1 aliphatic heterocycles. The Morgan fingerprint density at radius 3 is 2.56 bits per heavy atom. The van der Waals surface area contributed by atoms with Gasteiger partial charge >= 0.3 is 0 Å². The lowest BCUT2D eigenvalue weighted by Gasteiger charge is -2.15. The summed E-state index contributed by atoms with van der Waals surface area (Å²) in [7, 11) is 1.55. The number of methoxy groups -OCH3 is 1. The summed E-state index contributed by atoms with van der Waals surface area (Å²) in [6.07, 6.45) is -4.92. The number of carbonyl (C=O) groups excluding carboxylic acids is 1. The predicted molar refractivity (Wildman–Crippen MR) is 90.5 cm³/mol. The van der Waals surface area contributed by atoms with Crippen LogP contribution >= 0.6 is 0 Å². The number of ether oxygens (including phenoxy) is 2. The van der Waals surface area contributed by atoms with Crippen LogP contribution < -0.4 is 10.5 Å². The molecule has 1 fully saturated rings. The van der Waals surface area contributed by atoms with Crippen molar-refractivity contribution in [2.75, 3.05) is 13.7 Å². The highest BCUT2D eigenvalue weighted by Crippen LogP contribution is 2.29. The number of aromatic nitrogens is 3. The zero-order valence-electron chi connectivity index (χ0n) is 14.3. The zero-order chi connectivity index (χ0) is 19.6. The van der Waals surface area contributed by atoms with Crippen molar-refractivity contribution in [3.05, 3.63) is 41.5 Å². The van der Waals surface area contributed by atoms with E-state index in [0.29, 0.717) is 11.3 Å². The molecule has 0 saturated carbocycles. The van der Waals surface area contributed by atoms with Crippen LogP contribution in [0, 0.1) is 11.8 Å². The number of hydrogen-bond donors (Lipinski definition) is 4. The van der Waals surface area contributed by atoms with E-state index in [9.17, 15) is 20.1 Å². The first kappa shape index (κ1) is 18.8. The van der Waals surface area contributed by atoms with Gasteiger partial charge in [-0.25, -0.2) is 4.68 Å². The normalized spacial score (nSPS) is 24.3. The summed E-state index contributed by atoms with van der Waals surface area (Å²) in [6, 6.07) is 6.92. The number of primary amides is 1. The van der Waals surface area contributed by atoms with E-state index >= 15 is 0 Å². The first-order chi connectivity index (χ1) is 12.9. The second-order valence-electron chi connectivity index (χ2n) is 5.78. The minimum atomic E-state index is -1.40. The Labute approximate surface area is 154 Å². The summed E-state index contributed by atoms with van der Waals surface area (Å²) < 4.78 is 11.6. The molecule has 1 amide bonds. The van der Waals surface area contributed by atoms with Gasteiger partial charge in [0.2, 0.25) is 11.6 Å². The Hall–Kier alpha value is -2.97. The molecule has 10 nitrogen and oxygen atoms in total. The lowest BCUT2D eigenvalue weighted by Crippen LogP contribution is -2.33. The van der Waals surface area contributed by atoms with Crippen LogP contribution in [-0.2, 0) is 4.74 Å². The maximum absolute atomic E-state index is 11.4. The zero-order valence-corrected chi connectivity index (χ0v) is 14.3. The van der Waals surface area contributed by atoms with Gasteiger partial charge in [0.15, 0.2) is 6.23 Å². The number of nitrogens with zero attached hydrogens (tertiary/aromatic N) is 3. The van der Waals surface area contributed by atoms with Crippen molar-refractivity contribution >= 4 is 5.91 Å². The van der Waals surface area contributed by atoms with Gasteiger partial charge in [-0.05, 0) is 30.2 Å². The van der Waals surface area contributed by atoms with Gasteiger partial charge in [-0.3, -0.25) is 4.79 Å². The number of hydrogen-bond acceptors (Lipinski definition) is 8. The molecule has 0 spiro atoms. The van der Waals surface area contributed by atoms with E-state index in [1.54, 1.807) is 31.4 Å². The molecule has 0 aliphatic carbocycles. The number of aliphatic hydroxyl groups is 3. The molecule has 4 atom stereocenters. The fraction of sp³-hybridized carbons (Fsp3) is 0.353. The highest BCUT2D eigenvalue weighted by Gasteiger charge is 2.44. The van der Waals surface area contributed by atoms with Crippen LogP contribution in [0.1, 0.15) is 28.2 Å². The minimum absolute atomic E-state index is 0.00876. The summed E-state index contributed by atoms with van der Waals surface area (Å²) in [6.45, 7) is -0.501. The van der Waals surface area contributed by atoms with Gasteiger partial charge < -0.3 is 30.5 Å². The molecule has 3 rings (SSSR count). The van der Waals surface area contributed by atoms with Gasteiger partial charge in [-0.1, -0.05) is 5.92 Å². The molecule has 1 aromatic heterocycles. The van der Waals surface area contributed by atoms with E-state index in [-0.39, 0.29) is 11.6 Å². The van der Waals surface area contributed by atoms with E-state index in [0.717, 1.165) is 4.68 Å². The quantitative estimate of drug-likeness (QED) is 0.467. The smallest absolute Gasteiger partial charge is 0.288 e. The Morgan fingerprint density at radius 1 is 1.30 bits per heavy atom. The lowest BCUT2D eigenvalue weighted by atomic mass is 10.1. The average Bonchev–Trinajstić information content (AvgIpc) is 3.22. The lowest BCUT2D eigenvalue weighted by molar-refractivity contribution is -0.0592. The fourth-order valence-corrected chi connectivity index (χ4v) is 2.57. The third kappa shape index (κ3) is 3.76. The summed E-state index contributed by atoms with van der Waals surface area (Å²) in [4.78, 5) is 15.4. The number of aliphatic hydroxyl groups excluding tert-OH is 3. The van der Waals surface area contributed by atoms with Crippen LogP contribution in [0.3, 0.4) is 0 Å². The Morgan fingerprint density at radius 2 is 2.00 bits per heavy atom. The largest absolute Gasteiger partial charge is 0.497 e. The summed E-state index contributed by atoms with van der Waals surface area (Å²) in [5.74, 6) is 5.08. The topological polar surface area (TPSA) is 153 Å². The van der Waals surface area contributed by atoms with Crippen LogP contribution in [0.25, 0.3) is 0 Å². The van der Waals surface area contributed by atoms with Crippen molar-refractivity contribution in [3.63, 3.8) is 0 Å². The van der Waals surface area contributed by atoms with Crippen molar-refractivity contribution in [3.8, 4) is 17.6 Å². The molecule has 1 aromatic carbocycles. The SMILES string of the molecule is COc1ccc(C#Cc2nc(C(N)=O)nn2[C@@H]2O[C@H](CO)C(O)C2O)cc1. The van der Waals surface area contributed by atoms with Crippen molar-refractivity contribution in [2.24, 2.45) is 5.73 Å². The molecule has 0 radical (unpaired) electrons. The highest BCUT2D eigenvalue weighted by atomic mass is 16.6. The van der Waals surface area contributed by atoms with Gasteiger partial charge in [0.05, 0.1) is 13.7 Å². The molecule has 2 aromatic rings. The van der Waals surface area contributed by atoms with Gasteiger partial charge in [-0.2, -0.15) is 4.98 Å². The maximum atomic E-state index is 11.4. The molecule has 2 unspecified atom stereocenters. The molecule has 5 N–H and O–H groups in total. The number of nitrogens with two attached hydrogens (primary N) is 1. The Balaban J connectivity index is 1.96. The van der Waals surface area contributed by atoms with Crippen LogP contribution in [-0.4, -0.2) is 68.0 Å². The second kappa shape index (κ2) is 7.73. The average molecular weight is 374 g/mol. The minimum Gasteiger partial charge on any atom is -0.497 e. The third-order valence-corrected chi connectivity index (χ3v) is 4.02. The number of amides is 1. The summed E-state index contributed by atoms with van der Waals surface area (Å²) in [5, 5.41) is 33.2. The molecule has 1 saturated heterocycles. The second-order valence-corrected chi connectivity index (χ2v) is 5.78. The summed E-state index contributed by atoms with van der Waals surface area (Å²) in [5.41, 5.74) is 5.86. The van der Waals surface area contributed by atoms with Crippen LogP contribution in [0.15, 0.2) is 24.3 Å². The molecular weight excluding hydrogens is 356 g/mol. The van der Waals surface area contributed by atoms with Crippen molar-refractivity contribution < 1.29 is 29.6 Å². The first-order valence-corrected chi connectivity index (χ1v) is 7.99. The Kier molecular flexibility index (Phi) is 5.38. The van der Waals surface area contributed by atoms with E-state index in [4.69, 9.17) is 15.2 Å². The molecule has 1 aliphatic rings. The monoisotopic (exact) mass is 374 g/mol. The van der Waals surface area contributed by atoms with Gasteiger partial charge in [0, 0.05) is 5.56 Å². The predicted octanol–water partition coefficient (Wildman–Crippen LogP) is -1.60. The maximum Gasteiger partial charge on any atom is 0.288 e. The van der Waals surface area contributed by atoms with Crippen LogP contribution in [0.4, 0.5) is 0 Å². The number of rotatable bonds is 4. The van der Waals surface area contributed by atoms with Gasteiger partial charge in [0.1, 0.15) is 24.1 Å². The van der Waals surface area contributed by atoms with Crippen molar-refractivity contribution in [1.29, 1.82) is 0 Å². The Bertz CT molecular complexity index is 885. The standard InChI is InChI=1S/C17H18N4O6/c1-26-10-5-2-9(3-6-10)4-7-12-19-16(15(18)25)20-21(12)17-14(24)13(23)11(8-22)27-17/h2-3,5-6,11,13-14,17,22-24H,8H2,1H3,(H2,18,25)/t11-,13?,14?,17-/m1/s1. The molecule has 0 bridgehead atoms.